The first-order valence-electron chi connectivity index (χ1n) is 7.12. The van der Waals surface area contributed by atoms with E-state index in [4.69, 9.17) is 23.1 Å². The summed E-state index contributed by atoms with van der Waals surface area (Å²) in [5.74, 6) is -1.25. The number of rotatable bonds is 1. The first-order valence-corrected chi connectivity index (χ1v) is 7.50. The largest absolute Gasteiger partial charge is 0.506 e. The van der Waals surface area contributed by atoms with Gasteiger partial charge in [0.05, 0.1) is 10.5 Å². The Kier molecular flexibility index (Phi) is 3.73. The number of aromatic nitrogens is 1. The van der Waals surface area contributed by atoms with Crippen LogP contribution < -0.4 is 11.5 Å². The maximum absolute atomic E-state index is 12.3. The number of aliphatic imine (C=N–C) groups is 1. The van der Waals surface area contributed by atoms with Crippen molar-refractivity contribution < 1.29 is 14.7 Å². The number of halogens is 1. The van der Waals surface area contributed by atoms with Gasteiger partial charge in [-0.2, -0.15) is 4.99 Å². The molecule has 1 aliphatic heterocycles. The summed E-state index contributed by atoms with van der Waals surface area (Å²) in [6, 6.07) is 2.86. The number of ketones is 1. The monoisotopic (exact) mass is 334 g/mol. The van der Waals surface area contributed by atoms with E-state index in [0.717, 1.165) is 6.42 Å². The first kappa shape index (κ1) is 15.4. The number of carbonyl (C=O) groups excluding carboxylic acids is 2. The van der Waals surface area contributed by atoms with Gasteiger partial charge in [0, 0.05) is 23.9 Å². The number of phenols is 1. The molecule has 1 aliphatic rings. The number of nitrogens with two attached hydrogens (primary N) is 2. The summed E-state index contributed by atoms with van der Waals surface area (Å²) >= 11 is 6.15. The number of guanidine groups is 1. The number of amides is 1. The molecule has 0 bridgehead atoms. The van der Waals surface area contributed by atoms with Gasteiger partial charge < -0.3 is 21.1 Å². The van der Waals surface area contributed by atoms with Gasteiger partial charge in [-0.1, -0.05) is 11.6 Å². The maximum atomic E-state index is 12.3. The molecule has 0 radical (unpaired) electrons. The zero-order valence-corrected chi connectivity index (χ0v) is 12.9. The van der Waals surface area contributed by atoms with Crippen LogP contribution in [-0.2, 0) is 6.54 Å². The second-order valence-electron chi connectivity index (χ2n) is 5.42. The summed E-state index contributed by atoms with van der Waals surface area (Å²) < 4.78 is 1.70. The van der Waals surface area contributed by atoms with E-state index in [1.165, 1.54) is 12.1 Å². The SMILES string of the molecule is NC(N)=NC(=O)c1cc2c(Cl)c(O)cc3c2n1CCCCC3=O. The molecule has 1 aromatic carbocycles. The Balaban J connectivity index is 2.37. The van der Waals surface area contributed by atoms with Gasteiger partial charge in [-0.3, -0.25) is 9.59 Å². The number of carbonyl (C=O) groups is 2. The Morgan fingerprint density at radius 1 is 1.30 bits per heavy atom. The van der Waals surface area contributed by atoms with Crippen molar-refractivity contribution in [3.63, 3.8) is 0 Å². The van der Waals surface area contributed by atoms with Crippen LogP contribution in [-0.4, -0.2) is 27.3 Å². The van der Waals surface area contributed by atoms with Gasteiger partial charge in [0.1, 0.15) is 11.4 Å². The molecule has 0 saturated carbocycles. The van der Waals surface area contributed by atoms with Crippen molar-refractivity contribution in [3.8, 4) is 5.75 Å². The first-order chi connectivity index (χ1) is 10.9. The Hall–Kier alpha value is -2.54. The quantitative estimate of drug-likeness (QED) is 0.541. The number of Topliss-reactive ketones (excluding diaryl/α,β-unsaturated/α-hetero) is 1. The molecule has 8 heteroatoms. The normalized spacial score (nSPS) is 14.4. The van der Waals surface area contributed by atoms with E-state index in [9.17, 15) is 14.7 Å². The molecule has 7 nitrogen and oxygen atoms in total. The zero-order chi connectivity index (χ0) is 16.7. The van der Waals surface area contributed by atoms with Crippen molar-refractivity contribution in [1.29, 1.82) is 0 Å². The zero-order valence-electron chi connectivity index (χ0n) is 12.2. The van der Waals surface area contributed by atoms with E-state index < -0.39 is 5.91 Å². The standard InChI is InChI=1S/C15H15ClN4O3/c16-12-8-5-9(14(23)19-15(17)18)20-4-2-1-3-10(21)7(13(8)20)6-11(12)22/h5-6,22H,1-4H2,(H4,17,18,19,23). The van der Waals surface area contributed by atoms with E-state index in [2.05, 4.69) is 4.99 Å². The number of phenolic OH excluding ortho intramolecular Hbond substituents is 1. The summed E-state index contributed by atoms with van der Waals surface area (Å²) in [5.41, 5.74) is 11.7. The van der Waals surface area contributed by atoms with Crippen molar-refractivity contribution in [2.24, 2.45) is 16.5 Å². The molecule has 1 aromatic heterocycles. The highest BCUT2D eigenvalue weighted by atomic mass is 35.5. The molecule has 120 valence electrons. The number of nitrogens with zero attached hydrogens (tertiary/aromatic N) is 2. The van der Waals surface area contributed by atoms with Crippen molar-refractivity contribution in [2.45, 2.75) is 25.8 Å². The molecular weight excluding hydrogens is 320 g/mol. The third-order valence-electron chi connectivity index (χ3n) is 3.88. The number of aryl methyl sites for hydroxylation is 1. The van der Waals surface area contributed by atoms with E-state index in [1.807, 2.05) is 0 Å². The highest BCUT2D eigenvalue weighted by Gasteiger charge is 2.25. The minimum absolute atomic E-state index is 0.0922. The molecule has 23 heavy (non-hydrogen) atoms. The summed E-state index contributed by atoms with van der Waals surface area (Å²) in [7, 11) is 0. The van der Waals surface area contributed by atoms with Gasteiger partial charge in [-0.15, -0.1) is 0 Å². The Morgan fingerprint density at radius 2 is 2.04 bits per heavy atom. The summed E-state index contributed by atoms with van der Waals surface area (Å²) in [5, 5.41) is 10.5. The molecule has 2 aromatic rings. The Morgan fingerprint density at radius 3 is 2.74 bits per heavy atom. The summed E-state index contributed by atoms with van der Waals surface area (Å²) in [6.45, 7) is 0.534. The van der Waals surface area contributed by atoms with Gasteiger partial charge in [0.15, 0.2) is 11.7 Å². The average molecular weight is 335 g/mol. The van der Waals surface area contributed by atoms with Gasteiger partial charge in [-0.05, 0) is 25.0 Å². The van der Waals surface area contributed by atoms with Crippen LogP contribution in [0.25, 0.3) is 10.9 Å². The van der Waals surface area contributed by atoms with Crippen LogP contribution in [0, 0.1) is 0 Å². The lowest BCUT2D eigenvalue weighted by molar-refractivity contribution is 0.0969. The lowest BCUT2D eigenvalue weighted by Gasteiger charge is -2.15. The molecule has 5 N–H and O–H groups in total. The van der Waals surface area contributed by atoms with Crippen LogP contribution in [0.2, 0.25) is 5.02 Å². The number of benzene rings is 1. The molecule has 1 amide bonds. The lowest BCUT2D eigenvalue weighted by Crippen LogP contribution is -2.25. The van der Waals surface area contributed by atoms with Gasteiger partial charge in [0.25, 0.3) is 5.91 Å². The predicted molar refractivity (Wildman–Crippen MR) is 86.9 cm³/mol. The van der Waals surface area contributed by atoms with Crippen molar-refractivity contribution >= 4 is 40.2 Å². The van der Waals surface area contributed by atoms with Crippen LogP contribution in [0.5, 0.6) is 5.75 Å². The molecule has 3 rings (SSSR count). The van der Waals surface area contributed by atoms with Crippen molar-refractivity contribution in [2.75, 3.05) is 0 Å². The van der Waals surface area contributed by atoms with Gasteiger partial charge >= 0.3 is 0 Å². The van der Waals surface area contributed by atoms with Crippen molar-refractivity contribution in [1.82, 2.24) is 4.57 Å². The van der Waals surface area contributed by atoms with Gasteiger partial charge in [0.2, 0.25) is 0 Å². The van der Waals surface area contributed by atoms with Crippen molar-refractivity contribution in [3.05, 3.63) is 28.4 Å². The summed E-state index contributed by atoms with van der Waals surface area (Å²) in [4.78, 5) is 28.2. The fourth-order valence-corrected chi connectivity index (χ4v) is 3.10. The highest BCUT2D eigenvalue weighted by molar-refractivity contribution is 6.38. The average Bonchev–Trinajstić information content (AvgIpc) is 2.84. The molecule has 0 saturated heterocycles. The smallest absolute Gasteiger partial charge is 0.296 e. The topological polar surface area (TPSA) is 124 Å². The van der Waals surface area contributed by atoms with Crippen LogP contribution in [0.1, 0.15) is 40.1 Å². The third-order valence-corrected chi connectivity index (χ3v) is 4.28. The predicted octanol–water partition coefficient (Wildman–Crippen LogP) is 1.78. The lowest BCUT2D eigenvalue weighted by atomic mass is 10.0. The molecule has 0 spiro atoms. The summed E-state index contributed by atoms with van der Waals surface area (Å²) in [6.07, 6.45) is 1.81. The molecule has 0 aliphatic carbocycles. The van der Waals surface area contributed by atoms with E-state index in [-0.39, 0.29) is 28.2 Å². The minimum atomic E-state index is -0.615. The number of hydrogen-bond acceptors (Lipinski definition) is 3. The fourth-order valence-electron chi connectivity index (χ4n) is 2.90. The highest BCUT2D eigenvalue weighted by Crippen LogP contribution is 2.38. The number of aromatic hydroxyl groups is 1. The van der Waals surface area contributed by atoms with Crippen LogP contribution in [0.15, 0.2) is 17.1 Å². The van der Waals surface area contributed by atoms with Crippen LogP contribution in [0.3, 0.4) is 0 Å². The van der Waals surface area contributed by atoms with Crippen LogP contribution >= 0.6 is 11.6 Å². The molecule has 0 unspecified atom stereocenters. The maximum Gasteiger partial charge on any atom is 0.296 e. The number of hydrogen-bond donors (Lipinski definition) is 3. The van der Waals surface area contributed by atoms with E-state index >= 15 is 0 Å². The van der Waals surface area contributed by atoms with Crippen LogP contribution in [0.4, 0.5) is 0 Å². The second kappa shape index (κ2) is 5.58. The molecule has 0 atom stereocenters. The third kappa shape index (κ3) is 2.53. The second-order valence-corrected chi connectivity index (χ2v) is 5.80. The van der Waals surface area contributed by atoms with Gasteiger partial charge in [-0.25, -0.2) is 0 Å². The molecule has 2 heterocycles. The van der Waals surface area contributed by atoms with E-state index in [0.29, 0.717) is 35.9 Å². The fraction of sp³-hybridized carbons (Fsp3) is 0.267. The Labute approximate surface area is 136 Å². The van der Waals surface area contributed by atoms with E-state index in [1.54, 1.807) is 4.57 Å². The molecule has 0 fully saturated rings. The Bertz CT molecular complexity index is 865. The minimum Gasteiger partial charge on any atom is -0.506 e. The molecular formula is C15H15ClN4O3.